The molecular weight excluding hydrogens is 314 g/mol. The third-order valence-electron chi connectivity index (χ3n) is 3.60. The van der Waals surface area contributed by atoms with Crippen LogP contribution in [0.5, 0.6) is 0 Å². The van der Waals surface area contributed by atoms with Crippen molar-refractivity contribution in [3.05, 3.63) is 52.5 Å². The maximum Gasteiger partial charge on any atom is 0.108 e. The normalized spacial score (nSPS) is 12.6. The molecule has 0 saturated heterocycles. The van der Waals surface area contributed by atoms with Gasteiger partial charge in [0.15, 0.2) is 0 Å². The van der Waals surface area contributed by atoms with Gasteiger partial charge in [0.25, 0.3) is 0 Å². The monoisotopic (exact) mass is 335 g/mol. The molecule has 0 aliphatic carbocycles. The van der Waals surface area contributed by atoms with Gasteiger partial charge in [0.05, 0.1) is 0 Å². The molecule has 1 heterocycles. The molecule has 0 amide bonds. The summed E-state index contributed by atoms with van der Waals surface area (Å²) in [7, 11) is 4.08. The topological polar surface area (TPSA) is 29.9 Å². The van der Waals surface area contributed by atoms with E-state index >= 15 is 0 Å². The van der Waals surface area contributed by atoms with Crippen molar-refractivity contribution in [1.82, 2.24) is 14.9 Å². The number of aromatic nitrogens is 2. The molecule has 2 rings (SSSR count). The summed E-state index contributed by atoms with van der Waals surface area (Å²) in [5.41, 5.74) is 1.39. The van der Waals surface area contributed by atoms with Gasteiger partial charge in [-0.3, -0.25) is 0 Å². The molecule has 1 atom stereocenters. The predicted octanol–water partition coefficient (Wildman–Crippen LogP) is 3.19. The van der Waals surface area contributed by atoms with Crippen molar-refractivity contribution in [2.45, 2.75) is 19.3 Å². The third-order valence-corrected chi connectivity index (χ3v) is 4.10. The molecule has 20 heavy (non-hydrogen) atoms. The Kier molecular flexibility index (Phi) is 5.80. The number of nitrogens with zero attached hydrogens (tertiary/aromatic N) is 2. The Bertz CT molecular complexity index is 536. The van der Waals surface area contributed by atoms with Gasteiger partial charge in [-0.2, -0.15) is 0 Å². The van der Waals surface area contributed by atoms with Crippen LogP contribution < -0.4 is 5.32 Å². The second-order valence-corrected chi connectivity index (χ2v) is 6.17. The molecule has 0 spiro atoms. The summed E-state index contributed by atoms with van der Waals surface area (Å²) in [5, 5.41) is 3.31. The lowest BCUT2D eigenvalue weighted by Gasteiger charge is -2.16. The molecule has 0 radical (unpaired) electrons. The lowest BCUT2D eigenvalue weighted by Crippen LogP contribution is -2.21. The third kappa shape index (κ3) is 4.46. The number of aryl methyl sites for hydroxylation is 2. The van der Waals surface area contributed by atoms with Crippen LogP contribution in [-0.2, 0) is 19.9 Å². The van der Waals surface area contributed by atoms with Crippen molar-refractivity contribution >= 4 is 15.9 Å². The van der Waals surface area contributed by atoms with E-state index < -0.39 is 0 Å². The highest BCUT2D eigenvalue weighted by Crippen LogP contribution is 2.18. The largest absolute Gasteiger partial charge is 0.338 e. The van der Waals surface area contributed by atoms with Crippen molar-refractivity contribution in [1.29, 1.82) is 0 Å². The fourth-order valence-corrected chi connectivity index (χ4v) is 2.98. The minimum absolute atomic E-state index is 0.631. The molecule has 4 heteroatoms. The fourth-order valence-electron chi connectivity index (χ4n) is 2.53. The van der Waals surface area contributed by atoms with E-state index in [4.69, 9.17) is 0 Å². The summed E-state index contributed by atoms with van der Waals surface area (Å²) < 4.78 is 3.26. The van der Waals surface area contributed by atoms with E-state index in [1.54, 1.807) is 0 Å². The van der Waals surface area contributed by atoms with Crippen molar-refractivity contribution < 1.29 is 0 Å². The molecular formula is C16H22BrN3. The van der Waals surface area contributed by atoms with Crippen LogP contribution in [0.15, 0.2) is 41.1 Å². The molecule has 0 aliphatic heterocycles. The standard InChI is InChI=1S/C16H22BrN3/c1-18-12-14(6-7-16-19-8-9-20(16)2)10-13-4-3-5-15(17)11-13/h3-5,8-9,11,14,18H,6-7,10,12H2,1-2H3. The average molecular weight is 336 g/mol. The van der Waals surface area contributed by atoms with Crippen LogP contribution in [-0.4, -0.2) is 23.1 Å². The quantitative estimate of drug-likeness (QED) is 0.842. The number of imidazole rings is 1. The van der Waals surface area contributed by atoms with Crippen molar-refractivity contribution in [2.24, 2.45) is 13.0 Å². The van der Waals surface area contributed by atoms with Gasteiger partial charge in [0.1, 0.15) is 5.82 Å². The first kappa shape index (κ1) is 15.3. The van der Waals surface area contributed by atoms with Crippen molar-refractivity contribution in [3.63, 3.8) is 0 Å². The van der Waals surface area contributed by atoms with Crippen LogP contribution in [0.25, 0.3) is 0 Å². The molecule has 2 aromatic rings. The molecule has 0 bridgehead atoms. The first-order valence-electron chi connectivity index (χ1n) is 7.04. The summed E-state index contributed by atoms with van der Waals surface area (Å²) in [5.74, 6) is 1.80. The molecule has 1 aromatic carbocycles. The Balaban J connectivity index is 1.95. The van der Waals surface area contributed by atoms with Gasteiger partial charge in [0, 0.05) is 30.3 Å². The molecule has 1 unspecified atom stereocenters. The number of nitrogens with one attached hydrogen (secondary N) is 1. The van der Waals surface area contributed by atoms with Crippen LogP contribution in [0.2, 0.25) is 0 Å². The highest BCUT2D eigenvalue weighted by atomic mass is 79.9. The molecule has 1 N–H and O–H groups in total. The zero-order valence-electron chi connectivity index (χ0n) is 12.1. The van der Waals surface area contributed by atoms with E-state index in [0.717, 1.165) is 30.3 Å². The molecule has 1 aromatic heterocycles. The molecule has 3 nitrogen and oxygen atoms in total. The molecule has 108 valence electrons. The minimum atomic E-state index is 0.631. The van der Waals surface area contributed by atoms with E-state index in [-0.39, 0.29) is 0 Å². The number of hydrogen-bond donors (Lipinski definition) is 1. The highest BCUT2D eigenvalue weighted by molar-refractivity contribution is 9.10. The van der Waals surface area contributed by atoms with Crippen molar-refractivity contribution in [3.8, 4) is 0 Å². The number of benzene rings is 1. The lowest BCUT2D eigenvalue weighted by molar-refractivity contribution is 0.454. The van der Waals surface area contributed by atoms with Crippen LogP contribution in [0.1, 0.15) is 17.8 Å². The smallest absolute Gasteiger partial charge is 0.108 e. The minimum Gasteiger partial charge on any atom is -0.338 e. The van der Waals surface area contributed by atoms with Gasteiger partial charge in [-0.1, -0.05) is 28.1 Å². The van der Waals surface area contributed by atoms with Crippen LogP contribution in [0, 0.1) is 5.92 Å². The Labute approximate surface area is 129 Å². The SMILES string of the molecule is CNCC(CCc1nccn1C)Cc1cccc(Br)c1. The highest BCUT2D eigenvalue weighted by Gasteiger charge is 2.11. The summed E-state index contributed by atoms with van der Waals surface area (Å²) >= 11 is 3.54. The zero-order chi connectivity index (χ0) is 14.4. The van der Waals surface area contributed by atoms with Gasteiger partial charge in [-0.25, -0.2) is 4.98 Å². The Morgan fingerprint density at radius 1 is 1.40 bits per heavy atom. The van der Waals surface area contributed by atoms with Gasteiger partial charge >= 0.3 is 0 Å². The predicted molar refractivity (Wildman–Crippen MR) is 86.8 cm³/mol. The van der Waals surface area contributed by atoms with Gasteiger partial charge in [0.2, 0.25) is 0 Å². The summed E-state index contributed by atoms with van der Waals surface area (Å²) in [4.78, 5) is 4.40. The Morgan fingerprint density at radius 2 is 2.25 bits per heavy atom. The number of halogens is 1. The van der Waals surface area contributed by atoms with Crippen LogP contribution in [0.3, 0.4) is 0 Å². The number of rotatable bonds is 7. The van der Waals surface area contributed by atoms with E-state index in [1.807, 2.05) is 19.4 Å². The van der Waals surface area contributed by atoms with E-state index in [1.165, 1.54) is 11.4 Å². The fraction of sp³-hybridized carbons (Fsp3) is 0.438. The van der Waals surface area contributed by atoms with E-state index in [9.17, 15) is 0 Å². The van der Waals surface area contributed by atoms with Crippen LogP contribution in [0.4, 0.5) is 0 Å². The first-order chi connectivity index (χ1) is 9.69. The first-order valence-corrected chi connectivity index (χ1v) is 7.83. The number of hydrogen-bond acceptors (Lipinski definition) is 2. The Hall–Kier alpha value is -1.13. The van der Waals surface area contributed by atoms with Crippen molar-refractivity contribution in [2.75, 3.05) is 13.6 Å². The van der Waals surface area contributed by atoms with Gasteiger partial charge in [-0.15, -0.1) is 0 Å². The van der Waals surface area contributed by atoms with E-state index in [2.05, 4.69) is 62.1 Å². The Morgan fingerprint density at radius 3 is 2.90 bits per heavy atom. The molecule has 0 fully saturated rings. The summed E-state index contributed by atoms with van der Waals surface area (Å²) in [6, 6.07) is 8.59. The van der Waals surface area contributed by atoms with E-state index in [0.29, 0.717) is 5.92 Å². The molecule has 0 aliphatic rings. The lowest BCUT2D eigenvalue weighted by atomic mass is 9.94. The zero-order valence-corrected chi connectivity index (χ0v) is 13.7. The second-order valence-electron chi connectivity index (χ2n) is 5.25. The average Bonchev–Trinajstić information content (AvgIpc) is 2.82. The van der Waals surface area contributed by atoms with Gasteiger partial charge in [-0.05, 0) is 50.0 Å². The maximum atomic E-state index is 4.40. The maximum absolute atomic E-state index is 4.40. The van der Waals surface area contributed by atoms with Gasteiger partial charge < -0.3 is 9.88 Å². The summed E-state index contributed by atoms with van der Waals surface area (Å²) in [6.45, 7) is 1.04. The molecule has 0 saturated carbocycles. The summed E-state index contributed by atoms with van der Waals surface area (Å²) in [6.07, 6.45) is 7.17. The second kappa shape index (κ2) is 7.60. The van der Waals surface area contributed by atoms with Crippen LogP contribution >= 0.6 is 15.9 Å².